The van der Waals surface area contributed by atoms with E-state index in [4.69, 9.17) is 9.47 Å². The van der Waals surface area contributed by atoms with Gasteiger partial charge in [-0.25, -0.2) is 0 Å². The molecule has 2 aromatic carbocycles. The highest BCUT2D eigenvalue weighted by molar-refractivity contribution is 5.91. The summed E-state index contributed by atoms with van der Waals surface area (Å²) < 4.78 is 10.3. The van der Waals surface area contributed by atoms with Gasteiger partial charge in [0.05, 0.1) is 31.6 Å². The Morgan fingerprint density at radius 3 is 2.50 bits per heavy atom. The first kappa shape index (κ1) is 15.6. The molecule has 0 fully saturated rings. The second-order valence-electron chi connectivity index (χ2n) is 5.02. The molecule has 24 heavy (non-hydrogen) atoms. The Hall–Kier alpha value is -3.28. The van der Waals surface area contributed by atoms with Crippen molar-refractivity contribution in [3.63, 3.8) is 0 Å². The zero-order valence-electron chi connectivity index (χ0n) is 13.4. The summed E-state index contributed by atoms with van der Waals surface area (Å²) in [5.74, 6) is 0.605. The Kier molecular flexibility index (Phi) is 4.47. The van der Waals surface area contributed by atoms with Crippen LogP contribution in [-0.4, -0.2) is 30.5 Å². The van der Waals surface area contributed by atoms with Crippen LogP contribution < -0.4 is 14.9 Å². The molecule has 122 valence electrons. The van der Waals surface area contributed by atoms with Crippen molar-refractivity contribution in [2.75, 3.05) is 19.6 Å². The number of rotatable bonds is 5. The van der Waals surface area contributed by atoms with Gasteiger partial charge in [-0.05, 0) is 24.3 Å². The Labute approximate surface area is 139 Å². The molecule has 0 saturated carbocycles. The van der Waals surface area contributed by atoms with E-state index in [2.05, 4.69) is 15.5 Å². The van der Waals surface area contributed by atoms with Crippen LogP contribution in [0.3, 0.4) is 0 Å². The van der Waals surface area contributed by atoms with Crippen LogP contribution in [0.25, 0.3) is 10.9 Å². The summed E-state index contributed by atoms with van der Waals surface area (Å²) in [5.41, 5.74) is 5.37. The van der Waals surface area contributed by atoms with E-state index >= 15 is 0 Å². The fraction of sp³-hybridized carbons (Fsp3) is 0.111. The quantitative estimate of drug-likeness (QED) is 0.556. The van der Waals surface area contributed by atoms with Crippen LogP contribution in [0.15, 0.2) is 53.8 Å². The van der Waals surface area contributed by atoms with Crippen LogP contribution >= 0.6 is 0 Å². The number of nitrogens with one attached hydrogen (secondary N) is 1. The maximum absolute atomic E-state index is 9.92. The molecule has 0 spiro atoms. The zero-order chi connectivity index (χ0) is 16.9. The number of para-hydroxylation sites is 1. The lowest BCUT2D eigenvalue weighted by Gasteiger charge is -2.09. The standard InChI is InChI=1S/C18H17N3O3/c1-23-15-9-12(10-16(24-2)18(15)22)11-20-21-14-7-3-5-13-6-4-8-19-17(13)14/h3-11,21-22H,1-2H3/b20-11-. The van der Waals surface area contributed by atoms with Gasteiger partial charge in [-0.3, -0.25) is 10.4 Å². The molecule has 0 unspecified atom stereocenters. The number of fused-ring (bicyclic) bond motifs is 1. The van der Waals surface area contributed by atoms with Gasteiger partial charge in [0.1, 0.15) is 0 Å². The Morgan fingerprint density at radius 1 is 1.08 bits per heavy atom. The highest BCUT2D eigenvalue weighted by atomic mass is 16.5. The molecule has 3 aromatic rings. The molecule has 0 bridgehead atoms. The minimum atomic E-state index is -0.0386. The number of aromatic hydroxyl groups is 1. The van der Waals surface area contributed by atoms with Crippen LogP contribution in [-0.2, 0) is 0 Å². The highest BCUT2D eigenvalue weighted by Gasteiger charge is 2.10. The van der Waals surface area contributed by atoms with E-state index in [1.807, 2.05) is 30.3 Å². The van der Waals surface area contributed by atoms with E-state index in [-0.39, 0.29) is 5.75 Å². The molecule has 0 saturated heterocycles. The number of hydrogen-bond acceptors (Lipinski definition) is 6. The third kappa shape index (κ3) is 3.08. The van der Waals surface area contributed by atoms with Crippen molar-refractivity contribution in [2.24, 2.45) is 5.10 Å². The van der Waals surface area contributed by atoms with Crippen molar-refractivity contribution in [1.82, 2.24) is 4.98 Å². The second kappa shape index (κ2) is 6.87. The fourth-order valence-electron chi connectivity index (χ4n) is 2.36. The van der Waals surface area contributed by atoms with Gasteiger partial charge < -0.3 is 14.6 Å². The first-order valence-electron chi connectivity index (χ1n) is 7.30. The number of methoxy groups -OCH3 is 2. The predicted octanol–water partition coefficient (Wildman–Crippen LogP) is 3.40. The number of nitrogens with zero attached hydrogens (tertiary/aromatic N) is 2. The van der Waals surface area contributed by atoms with Gasteiger partial charge in [-0.15, -0.1) is 0 Å². The van der Waals surface area contributed by atoms with Crippen LogP contribution in [0.2, 0.25) is 0 Å². The molecule has 2 N–H and O–H groups in total. The first-order chi connectivity index (χ1) is 11.7. The minimum absolute atomic E-state index is 0.0386. The van der Waals surface area contributed by atoms with Gasteiger partial charge in [0.2, 0.25) is 5.75 Å². The molecule has 6 nitrogen and oxygen atoms in total. The molecule has 6 heteroatoms. The highest BCUT2D eigenvalue weighted by Crippen LogP contribution is 2.36. The molecule has 1 aromatic heterocycles. The van der Waals surface area contributed by atoms with Crippen molar-refractivity contribution in [1.29, 1.82) is 0 Å². The fourth-order valence-corrected chi connectivity index (χ4v) is 2.36. The number of benzene rings is 2. The smallest absolute Gasteiger partial charge is 0.200 e. The molecular weight excluding hydrogens is 306 g/mol. The lowest BCUT2D eigenvalue weighted by atomic mass is 10.2. The molecule has 0 aliphatic heterocycles. The molecule has 0 aliphatic rings. The number of aromatic nitrogens is 1. The third-order valence-corrected chi connectivity index (χ3v) is 3.53. The van der Waals surface area contributed by atoms with Crippen molar-refractivity contribution in [3.8, 4) is 17.2 Å². The summed E-state index contributed by atoms with van der Waals surface area (Å²) in [4.78, 5) is 4.36. The van der Waals surface area contributed by atoms with E-state index in [1.54, 1.807) is 24.5 Å². The molecule has 1 heterocycles. The normalized spacial score (nSPS) is 10.9. The first-order valence-corrected chi connectivity index (χ1v) is 7.30. The monoisotopic (exact) mass is 323 g/mol. The van der Waals surface area contributed by atoms with Crippen molar-refractivity contribution in [3.05, 3.63) is 54.2 Å². The van der Waals surface area contributed by atoms with Crippen molar-refractivity contribution >= 4 is 22.8 Å². The van der Waals surface area contributed by atoms with Gasteiger partial charge in [0.15, 0.2) is 11.5 Å². The Morgan fingerprint density at radius 2 is 1.79 bits per heavy atom. The number of phenolic OH excluding ortho intramolecular Hbond substituents is 1. The third-order valence-electron chi connectivity index (χ3n) is 3.53. The van der Waals surface area contributed by atoms with Crippen LogP contribution in [0.5, 0.6) is 17.2 Å². The van der Waals surface area contributed by atoms with E-state index in [0.717, 1.165) is 22.2 Å². The van der Waals surface area contributed by atoms with E-state index in [9.17, 15) is 5.11 Å². The number of phenols is 1. The average Bonchev–Trinajstić information content (AvgIpc) is 2.63. The minimum Gasteiger partial charge on any atom is -0.502 e. The van der Waals surface area contributed by atoms with Crippen LogP contribution in [0.4, 0.5) is 5.69 Å². The van der Waals surface area contributed by atoms with Gasteiger partial charge in [-0.1, -0.05) is 18.2 Å². The largest absolute Gasteiger partial charge is 0.502 e. The molecule has 0 amide bonds. The Bertz CT molecular complexity index is 863. The molecule has 0 radical (unpaired) electrons. The molecule has 3 rings (SSSR count). The molecule has 0 atom stereocenters. The number of anilines is 1. The maximum Gasteiger partial charge on any atom is 0.200 e. The van der Waals surface area contributed by atoms with Crippen molar-refractivity contribution < 1.29 is 14.6 Å². The average molecular weight is 323 g/mol. The maximum atomic E-state index is 9.92. The molecular formula is C18H17N3O3. The summed E-state index contributed by atoms with van der Waals surface area (Å²) >= 11 is 0. The SMILES string of the molecule is COc1cc(/C=N\Nc2cccc3cccnc23)cc(OC)c1O. The summed E-state index contributed by atoms with van der Waals surface area (Å²) in [7, 11) is 2.96. The van der Waals surface area contributed by atoms with Gasteiger partial charge in [-0.2, -0.15) is 5.10 Å². The Balaban J connectivity index is 1.86. The topological polar surface area (TPSA) is 76.0 Å². The molecule has 0 aliphatic carbocycles. The van der Waals surface area contributed by atoms with Crippen molar-refractivity contribution in [2.45, 2.75) is 0 Å². The zero-order valence-corrected chi connectivity index (χ0v) is 13.4. The number of hydrazone groups is 1. The number of ether oxygens (including phenoxy) is 2. The number of hydrogen-bond donors (Lipinski definition) is 2. The van der Waals surface area contributed by atoms with E-state index in [1.165, 1.54) is 14.2 Å². The summed E-state index contributed by atoms with van der Waals surface area (Å²) in [6.07, 6.45) is 3.36. The lowest BCUT2D eigenvalue weighted by Crippen LogP contribution is -1.95. The summed E-state index contributed by atoms with van der Waals surface area (Å²) in [6.45, 7) is 0. The van der Waals surface area contributed by atoms with Gasteiger partial charge in [0.25, 0.3) is 0 Å². The van der Waals surface area contributed by atoms with E-state index < -0.39 is 0 Å². The van der Waals surface area contributed by atoms with E-state index in [0.29, 0.717) is 11.5 Å². The van der Waals surface area contributed by atoms with Gasteiger partial charge >= 0.3 is 0 Å². The summed E-state index contributed by atoms with van der Waals surface area (Å²) in [6, 6.07) is 13.1. The second-order valence-corrected chi connectivity index (χ2v) is 5.02. The van der Waals surface area contributed by atoms with Gasteiger partial charge in [0, 0.05) is 17.1 Å². The number of pyridine rings is 1. The van der Waals surface area contributed by atoms with Crippen LogP contribution in [0.1, 0.15) is 5.56 Å². The summed E-state index contributed by atoms with van der Waals surface area (Å²) in [5, 5.41) is 15.2. The van der Waals surface area contributed by atoms with Crippen LogP contribution in [0, 0.1) is 0 Å². The lowest BCUT2D eigenvalue weighted by molar-refractivity contribution is 0.340. The predicted molar refractivity (Wildman–Crippen MR) is 94.2 cm³/mol.